The van der Waals surface area contributed by atoms with Crippen LogP contribution in [0.25, 0.3) is 0 Å². The molecule has 2 aromatic rings. The van der Waals surface area contributed by atoms with Crippen molar-refractivity contribution in [1.82, 2.24) is 4.31 Å². The first-order valence-corrected chi connectivity index (χ1v) is 8.72. The molecule has 0 atom stereocenters. The number of hydrogen-bond donors (Lipinski definition) is 1. The van der Waals surface area contributed by atoms with Gasteiger partial charge in [-0.15, -0.1) is 11.3 Å². The summed E-state index contributed by atoms with van der Waals surface area (Å²) < 4.78 is 40.3. The van der Waals surface area contributed by atoms with Gasteiger partial charge in [-0.25, -0.2) is 12.8 Å². The summed E-state index contributed by atoms with van der Waals surface area (Å²) in [5.41, 5.74) is 0.341. The standard InChI is InChI=1S/C14H16FNO3S2/c1-2-16(9-12-4-3-7-20-12)21(18,19)14-6-5-11(10-17)8-13(14)15/h3-8,17H,2,9-10H2,1H3. The Hall–Kier alpha value is -1.28. The Balaban J connectivity index is 2.35. The van der Waals surface area contributed by atoms with Crippen LogP contribution < -0.4 is 0 Å². The summed E-state index contributed by atoms with van der Waals surface area (Å²) in [5, 5.41) is 10.8. The van der Waals surface area contributed by atoms with Gasteiger partial charge in [-0.2, -0.15) is 4.31 Å². The number of aliphatic hydroxyl groups is 1. The van der Waals surface area contributed by atoms with Crippen LogP contribution in [0.15, 0.2) is 40.6 Å². The van der Waals surface area contributed by atoms with E-state index in [1.54, 1.807) is 6.92 Å². The van der Waals surface area contributed by atoms with Crippen LogP contribution in [0.3, 0.4) is 0 Å². The van der Waals surface area contributed by atoms with Crippen molar-refractivity contribution in [2.75, 3.05) is 6.54 Å². The fraction of sp³-hybridized carbons (Fsp3) is 0.286. The summed E-state index contributed by atoms with van der Waals surface area (Å²) in [6.45, 7) is 1.86. The molecule has 0 bridgehead atoms. The Bertz CT molecular complexity index is 699. The molecule has 4 nitrogen and oxygen atoms in total. The van der Waals surface area contributed by atoms with E-state index in [1.807, 2.05) is 17.5 Å². The molecule has 0 aliphatic heterocycles. The van der Waals surface area contributed by atoms with E-state index in [0.717, 1.165) is 10.9 Å². The zero-order valence-corrected chi connectivity index (χ0v) is 13.1. The van der Waals surface area contributed by atoms with Crippen molar-refractivity contribution in [2.24, 2.45) is 0 Å². The van der Waals surface area contributed by atoms with Crippen LogP contribution in [-0.2, 0) is 23.2 Å². The van der Waals surface area contributed by atoms with Crippen LogP contribution in [0.4, 0.5) is 4.39 Å². The largest absolute Gasteiger partial charge is 0.392 e. The van der Waals surface area contributed by atoms with E-state index < -0.39 is 15.8 Å². The van der Waals surface area contributed by atoms with Gasteiger partial charge in [0, 0.05) is 18.0 Å². The summed E-state index contributed by atoms with van der Waals surface area (Å²) in [7, 11) is -3.90. The average Bonchev–Trinajstić information content (AvgIpc) is 2.97. The van der Waals surface area contributed by atoms with Gasteiger partial charge in [-0.3, -0.25) is 0 Å². The minimum atomic E-state index is -3.90. The average molecular weight is 329 g/mol. The van der Waals surface area contributed by atoms with E-state index >= 15 is 0 Å². The highest BCUT2D eigenvalue weighted by Crippen LogP contribution is 2.23. The van der Waals surface area contributed by atoms with Gasteiger partial charge in [0.1, 0.15) is 10.7 Å². The zero-order valence-electron chi connectivity index (χ0n) is 11.5. The van der Waals surface area contributed by atoms with Gasteiger partial charge < -0.3 is 5.11 Å². The fourth-order valence-electron chi connectivity index (χ4n) is 1.93. The number of halogens is 1. The predicted molar refractivity (Wildman–Crippen MR) is 79.9 cm³/mol. The van der Waals surface area contributed by atoms with E-state index in [2.05, 4.69) is 0 Å². The van der Waals surface area contributed by atoms with Crippen molar-refractivity contribution < 1.29 is 17.9 Å². The first kappa shape index (κ1) is 16.1. The Morgan fingerprint density at radius 2 is 2.10 bits per heavy atom. The maximum Gasteiger partial charge on any atom is 0.246 e. The molecule has 1 aromatic carbocycles. The molecule has 1 heterocycles. The van der Waals surface area contributed by atoms with E-state index in [9.17, 15) is 12.8 Å². The van der Waals surface area contributed by atoms with Gasteiger partial charge in [0.2, 0.25) is 10.0 Å². The van der Waals surface area contributed by atoms with Gasteiger partial charge in [-0.1, -0.05) is 19.1 Å². The van der Waals surface area contributed by atoms with Crippen molar-refractivity contribution in [3.05, 3.63) is 52.0 Å². The molecule has 1 aromatic heterocycles. The lowest BCUT2D eigenvalue weighted by molar-refractivity contribution is 0.281. The second-order valence-electron chi connectivity index (χ2n) is 4.43. The molecule has 0 amide bonds. The Morgan fingerprint density at radius 1 is 1.33 bits per heavy atom. The molecule has 0 saturated carbocycles. The number of nitrogens with zero attached hydrogens (tertiary/aromatic N) is 1. The van der Waals surface area contributed by atoms with Crippen LogP contribution in [0, 0.1) is 5.82 Å². The van der Waals surface area contributed by atoms with Crippen LogP contribution in [-0.4, -0.2) is 24.4 Å². The molecule has 114 valence electrons. The number of sulfonamides is 1. The molecule has 0 aliphatic carbocycles. The van der Waals surface area contributed by atoms with Crippen LogP contribution >= 0.6 is 11.3 Å². The maximum atomic E-state index is 14.0. The second-order valence-corrected chi connectivity index (χ2v) is 7.37. The third kappa shape index (κ3) is 3.49. The number of rotatable bonds is 6. The van der Waals surface area contributed by atoms with Crippen molar-refractivity contribution in [1.29, 1.82) is 0 Å². The minimum Gasteiger partial charge on any atom is -0.392 e. The Kier molecular flexibility index (Phi) is 5.10. The highest BCUT2D eigenvalue weighted by Gasteiger charge is 2.26. The van der Waals surface area contributed by atoms with E-state index in [4.69, 9.17) is 5.11 Å². The zero-order chi connectivity index (χ0) is 15.5. The fourth-order valence-corrected chi connectivity index (χ4v) is 4.21. The lowest BCUT2D eigenvalue weighted by atomic mass is 10.2. The third-order valence-corrected chi connectivity index (χ3v) is 5.88. The molecule has 7 heteroatoms. The summed E-state index contributed by atoms with van der Waals surface area (Å²) in [5.74, 6) is -0.842. The first-order valence-electron chi connectivity index (χ1n) is 6.41. The summed E-state index contributed by atoms with van der Waals surface area (Å²) in [6, 6.07) is 7.35. The van der Waals surface area contributed by atoms with Gasteiger partial charge in [0.05, 0.1) is 6.61 Å². The van der Waals surface area contributed by atoms with Crippen LogP contribution in [0.5, 0.6) is 0 Å². The lowest BCUT2D eigenvalue weighted by Crippen LogP contribution is -2.30. The van der Waals surface area contributed by atoms with E-state index in [-0.39, 0.29) is 24.6 Å². The monoisotopic (exact) mass is 329 g/mol. The predicted octanol–water partition coefficient (Wildman–Crippen LogP) is 2.59. The molecule has 1 N–H and O–H groups in total. The van der Waals surface area contributed by atoms with Crippen molar-refractivity contribution in [3.63, 3.8) is 0 Å². The van der Waals surface area contributed by atoms with E-state index in [0.29, 0.717) is 5.56 Å². The normalized spacial score (nSPS) is 12.0. The number of aliphatic hydroxyl groups excluding tert-OH is 1. The quantitative estimate of drug-likeness (QED) is 0.886. The molecule has 0 saturated heterocycles. The lowest BCUT2D eigenvalue weighted by Gasteiger charge is -2.20. The Morgan fingerprint density at radius 3 is 2.62 bits per heavy atom. The molecule has 0 unspecified atom stereocenters. The van der Waals surface area contributed by atoms with Gasteiger partial charge in [0.25, 0.3) is 0 Å². The third-order valence-electron chi connectivity index (χ3n) is 3.06. The first-order chi connectivity index (χ1) is 9.98. The SMILES string of the molecule is CCN(Cc1cccs1)S(=O)(=O)c1ccc(CO)cc1F. The van der Waals surface area contributed by atoms with E-state index in [1.165, 1.54) is 27.8 Å². The van der Waals surface area contributed by atoms with Gasteiger partial charge >= 0.3 is 0 Å². The number of hydrogen-bond acceptors (Lipinski definition) is 4. The summed E-state index contributed by atoms with van der Waals surface area (Å²) in [6.07, 6.45) is 0. The molecule has 0 spiro atoms. The molecule has 2 rings (SSSR count). The van der Waals surface area contributed by atoms with Crippen LogP contribution in [0.1, 0.15) is 17.4 Å². The number of benzene rings is 1. The van der Waals surface area contributed by atoms with Gasteiger partial charge in [0.15, 0.2) is 0 Å². The summed E-state index contributed by atoms with van der Waals surface area (Å²) >= 11 is 1.46. The molecule has 0 radical (unpaired) electrons. The number of thiophene rings is 1. The highest BCUT2D eigenvalue weighted by molar-refractivity contribution is 7.89. The second kappa shape index (κ2) is 6.65. The van der Waals surface area contributed by atoms with Crippen molar-refractivity contribution in [3.8, 4) is 0 Å². The Labute approximate surface area is 127 Å². The van der Waals surface area contributed by atoms with Gasteiger partial charge in [-0.05, 0) is 29.1 Å². The molecule has 0 aliphatic rings. The smallest absolute Gasteiger partial charge is 0.246 e. The molecule has 21 heavy (non-hydrogen) atoms. The molecular weight excluding hydrogens is 313 g/mol. The minimum absolute atomic E-state index is 0.220. The van der Waals surface area contributed by atoms with Crippen molar-refractivity contribution in [2.45, 2.75) is 25.0 Å². The van der Waals surface area contributed by atoms with Crippen molar-refractivity contribution >= 4 is 21.4 Å². The topological polar surface area (TPSA) is 57.6 Å². The molecular formula is C14H16FNO3S2. The summed E-state index contributed by atoms with van der Waals surface area (Å²) in [4.78, 5) is 0.533. The highest BCUT2D eigenvalue weighted by atomic mass is 32.2. The maximum absolute atomic E-state index is 14.0. The molecule has 0 fully saturated rings. The van der Waals surface area contributed by atoms with Crippen LogP contribution in [0.2, 0.25) is 0 Å².